The normalized spacial score (nSPS) is 11.7. The molecular weight excluding hydrogens is 647 g/mol. The zero-order valence-corrected chi connectivity index (χ0v) is 31.1. The van der Waals surface area contributed by atoms with E-state index in [0.29, 0.717) is 11.4 Å². The molecule has 0 saturated heterocycles. The van der Waals surface area contributed by atoms with E-state index in [0.717, 1.165) is 50.2 Å². The van der Waals surface area contributed by atoms with Crippen molar-refractivity contribution in [3.8, 4) is 67.5 Å². The van der Waals surface area contributed by atoms with Crippen molar-refractivity contribution in [2.24, 2.45) is 0 Å². The Labute approximate surface area is 312 Å². The van der Waals surface area contributed by atoms with Crippen molar-refractivity contribution >= 4 is 11.0 Å². The SMILES string of the molecule is Cc1ccc(-c2ccnc(-c3cc(-c4cccc5c4nc(-c4ccccc4O)n5-c4cc(C)c(C)c(-c5ccccc5)c4)cc(C(C)(C)C)c3)c2)cc1. The lowest BCUT2D eigenvalue weighted by Gasteiger charge is -2.22. The van der Waals surface area contributed by atoms with Crippen molar-refractivity contribution in [1.82, 2.24) is 14.5 Å². The smallest absolute Gasteiger partial charge is 0.149 e. The fourth-order valence-electron chi connectivity index (χ4n) is 7.20. The molecule has 0 unspecified atom stereocenters. The van der Waals surface area contributed by atoms with Gasteiger partial charge in [-0.15, -0.1) is 0 Å². The van der Waals surface area contributed by atoms with E-state index < -0.39 is 0 Å². The molecule has 0 aliphatic carbocycles. The van der Waals surface area contributed by atoms with E-state index >= 15 is 0 Å². The number of phenols is 1. The largest absolute Gasteiger partial charge is 0.507 e. The summed E-state index contributed by atoms with van der Waals surface area (Å²) >= 11 is 0. The lowest BCUT2D eigenvalue weighted by atomic mass is 9.83. The zero-order valence-electron chi connectivity index (χ0n) is 31.1. The van der Waals surface area contributed by atoms with Crippen LogP contribution in [0.15, 0.2) is 146 Å². The highest BCUT2D eigenvalue weighted by Gasteiger charge is 2.23. The van der Waals surface area contributed by atoms with Gasteiger partial charge < -0.3 is 5.11 Å². The fourth-order valence-corrected chi connectivity index (χ4v) is 7.20. The lowest BCUT2D eigenvalue weighted by Crippen LogP contribution is -2.11. The average Bonchev–Trinajstić information content (AvgIpc) is 3.56. The van der Waals surface area contributed by atoms with Crippen LogP contribution in [0.5, 0.6) is 5.75 Å². The minimum atomic E-state index is -0.110. The molecule has 4 nitrogen and oxygen atoms in total. The summed E-state index contributed by atoms with van der Waals surface area (Å²) in [5, 5.41) is 11.2. The highest BCUT2D eigenvalue weighted by Crippen LogP contribution is 2.41. The van der Waals surface area contributed by atoms with E-state index in [4.69, 9.17) is 9.97 Å². The van der Waals surface area contributed by atoms with E-state index in [1.165, 1.54) is 33.4 Å². The summed E-state index contributed by atoms with van der Waals surface area (Å²) in [7, 11) is 0. The number of hydrogen-bond acceptors (Lipinski definition) is 3. The summed E-state index contributed by atoms with van der Waals surface area (Å²) in [5.41, 5.74) is 17.0. The number of imidazole rings is 1. The minimum Gasteiger partial charge on any atom is -0.507 e. The van der Waals surface area contributed by atoms with E-state index in [9.17, 15) is 5.11 Å². The first-order valence-electron chi connectivity index (χ1n) is 18.2. The van der Waals surface area contributed by atoms with Crippen molar-refractivity contribution in [1.29, 1.82) is 0 Å². The summed E-state index contributed by atoms with van der Waals surface area (Å²) in [4.78, 5) is 10.3. The third-order valence-electron chi connectivity index (χ3n) is 10.4. The predicted octanol–water partition coefficient (Wildman–Crippen LogP) is 12.7. The van der Waals surface area contributed by atoms with Crippen LogP contribution in [0.4, 0.5) is 0 Å². The third kappa shape index (κ3) is 6.42. The Morgan fingerprint density at radius 1 is 0.566 bits per heavy atom. The van der Waals surface area contributed by atoms with Crippen LogP contribution < -0.4 is 0 Å². The molecule has 4 heteroatoms. The van der Waals surface area contributed by atoms with E-state index in [-0.39, 0.29) is 11.2 Å². The first kappa shape index (κ1) is 33.9. The molecule has 6 aromatic carbocycles. The van der Waals surface area contributed by atoms with Gasteiger partial charge in [0.05, 0.1) is 22.3 Å². The number of aromatic hydroxyl groups is 1. The topological polar surface area (TPSA) is 50.9 Å². The molecule has 0 radical (unpaired) electrons. The first-order valence-corrected chi connectivity index (χ1v) is 18.2. The Hall–Kier alpha value is -6.26. The monoisotopic (exact) mass is 689 g/mol. The zero-order chi connectivity index (χ0) is 36.9. The molecule has 53 heavy (non-hydrogen) atoms. The molecule has 260 valence electrons. The molecule has 0 amide bonds. The number of aromatic nitrogens is 3. The summed E-state index contributed by atoms with van der Waals surface area (Å²) in [5.74, 6) is 0.877. The van der Waals surface area contributed by atoms with Crippen LogP contribution in [0.2, 0.25) is 0 Å². The van der Waals surface area contributed by atoms with Gasteiger partial charge in [0.1, 0.15) is 11.6 Å². The third-order valence-corrected chi connectivity index (χ3v) is 10.4. The summed E-state index contributed by atoms with van der Waals surface area (Å²) in [6, 6.07) is 48.6. The van der Waals surface area contributed by atoms with Gasteiger partial charge in [-0.2, -0.15) is 0 Å². The van der Waals surface area contributed by atoms with Crippen LogP contribution in [-0.2, 0) is 5.41 Å². The molecule has 1 N–H and O–H groups in total. The number of pyridine rings is 1. The molecule has 0 bridgehead atoms. The van der Waals surface area contributed by atoms with Crippen LogP contribution in [0.25, 0.3) is 72.7 Å². The number of phenolic OH excluding ortho intramolecular Hbond substituents is 1. The summed E-state index contributed by atoms with van der Waals surface area (Å²) in [6.07, 6.45) is 1.90. The van der Waals surface area contributed by atoms with E-state index in [1.807, 2.05) is 30.5 Å². The predicted molar refractivity (Wildman–Crippen MR) is 221 cm³/mol. The van der Waals surface area contributed by atoms with E-state index in [1.54, 1.807) is 6.07 Å². The molecule has 8 aromatic rings. The Morgan fingerprint density at radius 2 is 1.28 bits per heavy atom. The molecule has 0 saturated carbocycles. The molecule has 0 aliphatic rings. The lowest BCUT2D eigenvalue weighted by molar-refractivity contribution is 0.477. The maximum atomic E-state index is 11.2. The molecular formula is C49H43N3O. The highest BCUT2D eigenvalue weighted by atomic mass is 16.3. The molecule has 2 heterocycles. The number of hydrogen-bond donors (Lipinski definition) is 1. The highest BCUT2D eigenvalue weighted by molar-refractivity contribution is 5.97. The molecule has 8 rings (SSSR count). The number of fused-ring (bicyclic) bond motifs is 1. The Morgan fingerprint density at radius 3 is 2.04 bits per heavy atom. The second-order valence-electron chi connectivity index (χ2n) is 15.1. The van der Waals surface area contributed by atoms with Crippen LogP contribution in [0, 0.1) is 20.8 Å². The number of para-hydroxylation sites is 2. The number of rotatable bonds is 6. The van der Waals surface area contributed by atoms with Crippen molar-refractivity contribution in [3.05, 3.63) is 168 Å². The second kappa shape index (κ2) is 13.4. The quantitative estimate of drug-likeness (QED) is 0.189. The van der Waals surface area contributed by atoms with Crippen LogP contribution in [0.3, 0.4) is 0 Å². The average molecular weight is 690 g/mol. The standard InChI is InChI=1S/C49H43N3O/c1-31-19-21-34(22-20-31)36-23-24-50-44(29-36)38-26-37(27-39(28-38)49(4,5)6)41-16-12-17-45-47(41)51-48(42-15-10-11-18-46(42)53)52(45)40-25-32(2)33(3)43(30-40)35-13-8-7-9-14-35/h7-30,53H,1-6H3. The molecule has 0 atom stereocenters. The van der Waals surface area contributed by atoms with E-state index in [2.05, 4.69) is 155 Å². The molecule has 2 aromatic heterocycles. The van der Waals surface area contributed by atoms with Gasteiger partial charge in [0, 0.05) is 23.0 Å². The summed E-state index contributed by atoms with van der Waals surface area (Å²) < 4.78 is 2.20. The number of nitrogens with zero attached hydrogens (tertiary/aromatic N) is 3. The van der Waals surface area contributed by atoms with Gasteiger partial charge in [0.2, 0.25) is 0 Å². The number of aryl methyl sites for hydroxylation is 2. The Balaban J connectivity index is 1.37. The van der Waals surface area contributed by atoms with Crippen molar-refractivity contribution in [3.63, 3.8) is 0 Å². The summed E-state index contributed by atoms with van der Waals surface area (Å²) in [6.45, 7) is 13.2. The van der Waals surface area contributed by atoms with Gasteiger partial charge in [-0.05, 0) is 125 Å². The van der Waals surface area contributed by atoms with Crippen molar-refractivity contribution < 1.29 is 5.11 Å². The van der Waals surface area contributed by atoms with Gasteiger partial charge in [-0.3, -0.25) is 9.55 Å². The molecule has 0 spiro atoms. The van der Waals surface area contributed by atoms with Gasteiger partial charge in [0.25, 0.3) is 0 Å². The maximum Gasteiger partial charge on any atom is 0.149 e. The fraction of sp³-hybridized carbons (Fsp3) is 0.143. The Kier molecular flexibility index (Phi) is 8.54. The van der Waals surface area contributed by atoms with Crippen molar-refractivity contribution in [2.45, 2.75) is 47.0 Å². The van der Waals surface area contributed by atoms with Crippen LogP contribution >= 0.6 is 0 Å². The van der Waals surface area contributed by atoms with Crippen LogP contribution in [0.1, 0.15) is 43.0 Å². The van der Waals surface area contributed by atoms with Gasteiger partial charge >= 0.3 is 0 Å². The minimum absolute atomic E-state index is 0.110. The van der Waals surface area contributed by atoms with Crippen molar-refractivity contribution in [2.75, 3.05) is 0 Å². The van der Waals surface area contributed by atoms with Gasteiger partial charge in [0.15, 0.2) is 0 Å². The Bertz CT molecular complexity index is 2630. The maximum absolute atomic E-state index is 11.2. The first-order chi connectivity index (χ1) is 25.5. The molecule has 0 fully saturated rings. The number of benzene rings is 6. The van der Waals surface area contributed by atoms with Gasteiger partial charge in [-0.1, -0.05) is 111 Å². The van der Waals surface area contributed by atoms with Crippen LogP contribution in [-0.4, -0.2) is 19.6 Å². The van der Waals surface area contributed by atoms with Gasteiger partial charge in [-0.25, -0.2) is 4.98 Å². The second-order valence-corrected chi connectivity index (χ2v) is 15.1. The molecule has 0 aliphatic heterocycles.